The number of benzene rings is 4. The van der Waals surface area contributed by atoms with E-state index in [4.69, 9.17) is 32.7 Å². The number of nitrogens with zero attached hydrogens (tertiary/aromatic N) is 1. The van der Waals surface area contributed by atoms with E-state index in [-0.39, 0.29) is 11.1 Å². The molecule has 0 saturated heterocycles. The summed E-state index contributed by atoms with van der Waals surface area (Å²) in [6.45, 7) is 1.84. The Morgan fingerprint density at radius 3 is 1.78 bits per heavy atom. The molecule has 46 heavy (non-hydrogen) atoms. The number of carbonyl (C=O) groups is 4. The fraction of sp³-hybridized carbons (Fsp3) is 0.176. The summed E-state index contributed by atoms with van der Waals surface area (Å²) in [5, 5.41) is 19.9. The van der Waals surface area contributed by atoms with Crippen LogP contribution in [0.1, 0.15) is 43.3 Å². The van der Waals surface area contributed by atoms with Crippen molar-refractivity contribution in [1.29, 1.82) is 0 Å². The third-order valence-corrected chi connectivity index (χ3v) is 8.04. The van der Waals surface area contributed by atoms with Crippen LogP contribution in [0.2, 0.25) is 10.0 Å². The highest BCUT2D eigenvalue weighted by molar-refractivity contribution is 9.10. The molecule has 9 nitrogen and oxygen atoms in total. The number of esters is 2. The minimum Gasteiger partial charge on any atom is -0.478 e. The van der Waals surface area contributed by atoms with Gasteiger partial charge in [0.15, 0.2) is 0 Å². The van der Waals surface area contributed by atoms with Crippen LogP contribution >= 0.6 is 39.1 Å². The molecule has 5 rings (SSSR count). The maximum atomic E-state index is 12.0. The Morgan fingerprint density at radius 2 is 1.30 bits per heavy atom. The van der Waals surface area contributed by atoms with Crippen LogP contribution in [-0.2, 0) is 25.6 Å². The van der Waals surface area contributed by atoms with Crippen LogP contribution in [0, 0.1) is 0 Å². The van der Waals surface area contributed by atoms with Crippen molar-refractivity contribution in [3.05, 3.63) is 139 Å². The molecule has 4 aromatic rings. The standard InChI is InChI=1S/C18H14O8.C16H14BrCl2N/c19-15(20)13(25-17(23)11-7-3-1-4-8-11)14(16(21)22)26-18(24)12-9-5-2-6-10-12;1-20-8-14(10-3-2-4-11(17)5-10)13-6-12(18)7-16(19)15(13)9-20/h1-10,13-14H,(H,19,20)(H,21,22);2-7,14H,8-9H2,1H3/t13-,14-;14-/m00/s1. The lowest BCUT2D eigenvalue weighted by molar-refractivity contribution is -0.166. The summed E-state index contributed by atoms with van der Waals surface area (Å²) in [5.41, 5.74) is 3.77. The summed E-state index contributed by atoms with van der Waals surface area (Å²) in [4.78, 5) is 49.1. The highest BCUT2D eigenvalue weighted by Crippen LogP contribution is 2.38. The molecule has 2 N–H and O–H groups in total. The van der Waals surface area contributed by atoms with Gasteiger partial charge in [-0.15, -0.1) is 0 Å². The average Bonchev–Trinajstić information content (AvgIpc) is 3.03. The third-order valence-electron chi connectivity index (χ3n) is 6.99. The molecule has 0 saturated carbocycles. The summed E-state index contributed by atoms with van der Waals surface area (Å²) < 4.78 is 10.6. The molecule has 0 unspecified atom stereocenters. The molecule has 0 amide bonds. The molecule has 12 heteroatoms. The summed E-state index contributed by atoms with van der Waals surface area (Å²) >= 11 is 16.1. The molecule has 1 heterocycles. The first-order valence-corrected chi connectivity index (χ1v) is 15.4. The van der Waals surface area contributed by atoms with Crippen molar-refractivity contribution in [2.75, 3.05) is 13.6 Å². The SMILES string of the molecule is CN1Cc2c(Cl)cc(Cl)cc2[C@H](c2cccc(Br)c2)C1.O=C(O[C@H](C(=O)O)[C@H](OC(=O)c1ccccc1)C(=O)O)c1ccccc1. The minimum absolute atomic E-state index is 0.0253. The van der Waals surface area contributed by atoms with Crippen LogP contribution in [0.3, 0.4) is 0 Å². The van der Waals surface area contributed by atoms with Crippen LogP contribution in [-0.4, -0.2) is 64.8 Å². The van der Waals surface area contributed by atoms with E-state index in [0.717, 1.165) is 22.6 Å². The molecule has 0 radical (unpaired) electrons. The number of hydrogen-bond donors (Lipinski definition) is 2. The minimum atomic E-state index is -2.21. The second-order valence-electron chi connectivity index (χ2n) is 10.3. The normalized spacial score (nSPS) is 15.3. The van der Waals surface area contributed by atoms with Crippen LogP contribution < -0.4 is 0 Å². The molecular formula is C34H28BrCl2NO8. The maximum Gasteiger partial charge on any atom is 0.349 e. The highest BCUT2D eigenvalue weighted by atomic mass is 79.9. The quantitative estimate of drug-likeness (QED) is 0.185. The van der Waals surface area contributed by atoms with E-state index in [9.17, 15) is 29.4 Å². The predicted octanol–water partition coefficient (Wildman–Crippen LogP) is 6.94. The van der Waals surface area contributed by atoms with Crippen molar-refractivity contribution in [1.82, 2.24) is 4.90 Å². The topological polar surface area (TPSA) is 130 Å². The Bertz CT molecular complexity index is 1650. The van der Waals surface area contributed by atoms with Crippen LogP contribution in [0.4, 0.5) is 0 Å². The van der Waals surface area contributed by atoms with E-state index >= 15 is 0 Å². The largest absolute Gasteiger partial charge is 0.478 e. The van der Waals surface area contributed by atoms with E-state index in [0.29, 0.717) is 10.9 Å². The molecule has 0 aromatic heterocycles. The monoisotopic (exact) mass is 727 g/mol. The summed E-state index contributed by atoms with van der Waals surface area (Å²) in [6.07, 6.45) is -4.43. The predicted molar refractivity (Wildman–Crippen MR) is 175 cm³/mol. The lowest BCUT2D eigenvalue weighted by atomic mass is 9.85. The summed E-state index contributed by atoms with van der Waals surface area (Å²) in [6, 6.07) is 27.2. The fourth-order valence-electron chi connectivity index (χ4n) is 4.85. The van der Waals surface area contributed by atoms with Gasteiger partial charge in [-0.05, 0) is 72.3 Å². The molecule has 1 aliphatic rings. The summed E-state index contributed by atoms with van der Waals surface area (Å²) in [5.74, 6) is -5.33. The van der Waals surface area contributed by atoms with E-state index in [1.54, 1.807) is 12.1 Å². The van der Waals surface area contributed by atoms with Crippen LogP contribution in [0.15, 0.2) is 102 Å². The molecule has 0 bridgehead atoms. The number of halogens is 3. The first-order valence-electron chi connectivity index (χ1n) is 13.8. The van der Waals surface area contributed by atoms with E-state index < -0.39 is 36.1 Å². The average molecular weight is 729 g/mol. The Kier molecular flexibility index (Phi) is 11.9. The number of fused-ring (bicyclic) bond motifs is 1. The first kappa shape index (κ1) is 34.6. The van der Waals surface area contributed by atoms with Gasteiger partial charge in [0.2, 0.25) is 12.2 Å². The van der Waals surface area contributed by atoms with Crippen molar-refractivity contribution in [3.8, 4) is 0 Å². The van der Waals surface area contributed by atoms with E-state index in [1.165, 1.54) is 65.2 Å². The first-order chi connectivity index (χ1) is 21.9. The van der Waals surface area contributed by atoms with Crippen molar-refractivity contribution >= 4 is 63.0 Å². The van der Waals surface area contributed by atoms with Crippen LogP contribution in [0.25, 0.3) is 0 Å². The molecular weight excluding hydrogens is 701 g/mol. The number of ether oxygens (including phenoxy) is 2. The van der Waals surface area contributed by atoms with Crippen molar-refractivity contribution < 1.29 is 38.9 Å². The van der Waals surface area contributed by atoms with E-state index in [2.05, 4.69) is 52.1 Å². The van der Waals surface area contributed by atoms with Gasteiger partial charge in [0, 0.05) is 33.5 Å². The van der Waals surface area contributed by atoms with Gasteiger partial charge in [0.1, 0.15) is 0 Å². The highest BCUT2D eigenvalue weighted by Gasteiger charge is 2.41. The number of aliphatic carboxylic acids is 2. The second kappa shape index (κ2) is 15.9. The lowest BCUT2D eigenvalue weighted by Gasteiger charge is -2.33. The van der Waals surface area contributed by atoms with E-state index in [1.807, 2.05) is 12.1 Å². The lowest BCUT2D eigenvalue weighted by Crippen LogP contribution is -2.45. The number of carbonyl (C=O) groups excluding carboxylic acids is 2. The molecule has 4 aromatic carbocycles. The Labute approximate surface area is 283 Å². The van der Waals surface area contributed by atoms with Gasteiger partial charge in [-0.1, -0.05) is 87.7 Å². The van der Waals surface area contributed by atoms with Gasteiger partial charge in [-0.3, -0.25) is 0 Å². The van der Waals surface area contributed by atoms with Crippen LogP contribution in [0.5, 0.6) is 0 Å². The third kappa shape index (κ3) is 8.95. The number of hydrogen-bond acceptors (Lipinski definition) is 7. The van der Waals surface area contributed by atoms with Gasteiger partial charge in [-0.25, -0.2) is 19.2 Å². The van der Waals surface area contributed by atoms with Gasteiger partial charge >= 0.3 is 23.9 Å². The van der Waals surface area contributed by atoms with Gasteiger partial charge in [-0.2, -0.15) is 0 Å². The second-order valence-corrected chi connectivity index (χ2v) is 12.1. The van der Waals surface area contributed by atoms with Gasteiger partial charge < -0.3 is 24.6 Å². The van der Waals surface area contributed by atoms with Gasteiger partial charge in [0.05, 0.1) is 11.1 Å². The molecule has 0 fully saturated rings. The fourth-order valence-corrected chi connectivity index (χ4v) is 5.84. The van der Waals surface area contributed by atoms with Gasteiger partial charge in [0.25, 0.3) is 0 Å². The zero-order chi connectivity index (χ0) is 33.4. The molecule has 0 spiro atoms. The number of rotatable bonds is 8. The van der Waals surface area contributed by atoms with Crippen molar-refractivity contribution in [2.45, 2.75) is 24.7 Å². The Balaban J connectivity index is 0.000000215. The Morgan fingerprint density at radius 1 is 0.783 bits per heavy atom. The molecule has 238 valence electrons. The smallest absolute Gasteiger partial charge is 0.349 e. The zero-order valence-corrected chi connectivity index (χ0v) is 27.4. The van der Waals surface area contributed by atoms with Crippen molar-refractivity contribution in [3.63, 3.8) is 0 Å². The molecule has 0 aliphatic carbocycles. The number of likely N-dealkylation sites (N-methyl/N-ethyl adjacent to an activating group) is 1. The number of carboxylic acid groups (broad SMARTS) is 2. The molecule has 1 aliphatic heterocycles. The van der Waals surface area contributed by atoms with Crippen molar-refractivity contribution in [2.24, 2.45) is 0 Å². The number of carboxylic acids is 2. The molecule has 3 atom stereocenters. The zero-order valence-electron chi connectivity index (χ0n) is 24.3. The Hall–Kier alpha value is -4.22. The summed E-state index contributed by atoms with van der Waals surface area (Å²) in [7, 11) is 2.12. The maximum absolute atomic E-state index is 12.0.